The van der Waals surface area contributed by atoms with Crippen LogP contribution in [0.4, 0.5) is 17.1 Å². The molecule has 0 saturated heterocycles. The Bertz CT molecular complexity index is 2180. The van der Waals surface area contributed by atoms with Crippen molar-refractivity contribution in [2.75, 3.05) is 4.90 Å². The molecule has 46 heavy (non-hydrogen) atoms. The Morgan fingerprint density at radius 1 is 0.522 bits per heavy atom. The first-order valence-electron chi connectivity index (χ1n) is 16.7. The van der Waals surface area contributed by atoms with Gasteiger partial charge in [0.1, 0.15) is 0 Å². The second-order valence-corrected chi connectivity index (χ2v) is 12.7. The minimum absolute atomic E-state index is 0.0785. The lowest BCUT2D eigenvalue weighted by atomic mass is 9.71. The van der Waals surface area contributed by atoms with Crippen LogP contribution in [0.5, 0.6) is 0 Å². The SMILES string of the molecule is CCCC1(CCC)c2ccccc2-c2cc3ccc4cc(N(c5ccccc5)c5cccc(-c6cccnc6)c5)ccc4c3cc21. The molecule has 0 fully saturated rings. The average Bonchev–Trinajstić information content (AvgIpc) is 3.37. The third-order valence-electron chi connectivity index (χ3n) is 9.93. The molecule has 7 aromatic rings. The molecule has 1 heterocycles. The number of hydrogen-bond donors (Lipinski definition) is 0. The Morgan fingerprint density at radius 2 is 1.24 bits per heavy atom. The van der Waals surface area contributed by atoms with E-state index in [1.165, 1.54) is 69.5 Å². The van der Waals surface area contributed by atoms with Crippen LogP contribution in [-0.2, 0) is 5.41 Å². The summed E-state index contributed by atoms with van der Waals surface area (Å²) in [4.78, 5) is 6.72. The van der Waals surface area contributed by atoms with Crippen LogP contribution in [0.3, 0.4) is 0 Å². The van der Waals surface area contributed by atoms with E-state index in [-0.39, 0.29) is 5.41 Å². The van der Waals surface area contributed by atoms with Crippen LogP contribution in [0.15, 0.2) is 146 Å². The van der Waals surface area contributed by atoms with Gasteiger partial charge < -0.3 is 4.90 Å². The Kier molecular flexibility index (Phi) is 7.14. The number of anilines is 3. The summed E-state index contributed by atoms with van der Waals surface area (Å²) in [6, 6.07) is 49.3. The summed E-state index contributed by atoms with van der Waals surface area (Å²) < 4.78 is 0. The highest BCUT2D eigenvalue weighted by Crippen LogP contribution is 2.55. The van der Waals surface area contributed by atoms with Gasteiger partial charge in [-0.15, -0.1) is 0 Å². The molecule has 0 N–H and O–H groups in total. The number of nitrogens with zero attached hydrogens (tertiary/aromatic N) is 2. The van der Waals surface area contributed by atoms with Gasteiger partial charge >= 0.3 is 0 Å². The van der Waals surface area contributed by atoms with Crippen molar-refractivity contribution < 1.29 is 0 Å². The summed E-state index contributed by atoms with van der Waals surface area (Å²) in [6.45, 7) is 4.67. The molecule has 2 nitrogen and oxygen atoms in total. The van der Waals surface area contributed by atoms with Gasteiger partial charge in [-0.25, -0.2) is 0 Å². The zero-order valence-electron chi connectivity index (χ0n) is 26.6. The van der Waals surface area contributed by atoms with Gasteiger partial charge in [0.15, 0.2) is 0 Å². The topological polar surface area (TPSA) is 16.1 Å². The standard InChI is InChI=1S/C44H38N2/c1-3-23-44(24-4-2)42-18-9-8-17-39(42)41-28-33-20-19-32-27-37(21-22-38(32)40(33)29-43(41)44)46(35-14-6-5-7-15-35)36-16-10-12-31(26-36)34-13-11-25-45-30-34/h5-22,25-30H,3-4,23-24H2,1-2H3. The van der Waals surface area contributed by atoms with E-state index >= 15 is 0 Å². The Hall–Kier alpha value is -5.21. The maximum atomic E-state index is 4.36. The molecule has 0 spiro atoms. The fourth-order valence-corrected chi connectivity index (χ4v) is 8.04. The minimum Gasteiger partial charge on any atom is -0.310 e. The zero-order chi connectivity index (χ0) is 31.1. The van der Waals surface area contributed by atoms with Crippen LogP contribution < -0.4 is 4.90 Å². The summed E-state index contributed by atoms with van der Waals surface area (Å²) in [5, 5.41) is 5.21. The largest absolute Gasteiger partial charge is 0.310 e. The van der Waals surface area contributed by atoms with Crippen molar-refractivity contribution in [1.82, 2.24) is 4.98 Å². The van der Waals surface area contributed by atoms with E-state index in [2.05, 4.69) is 151 Å². The van der Waals surface area contributed by atoms with Crippen molar-refractivity contribution in [3.05, 3.63) is 157 Å². The van der Waals surface area contributed by atoms with Crippen LogP contribution in [-0.4, -0.2) is 4.98 Å². The summed E-state index contributed by atoms with van der Waals surface area (Å²) >= 11 is 0. The monoisotopic (exact) mass is 594 g/mol. The number of rotatable bonds is 8. The lowest BCUT2D eigenvalue weighted by molar-refractivity contribution is 0.436. The van der Waals surface area contributed by atoms with Crippen LogP contribution in [0.2, 0.25) is 0 Å². The lowest BCUT2D eigenvalue weighted by Gasteiger charge is -2.32. The van der Waals surface area contributed by atoms with E-state index in [9.17, 15) is 0 Å². The van der Waals surface area contributed by atoms with Gasteiger partial charge in [-0.1, -0.05) is 106 Å². The summed E-state index contributed by atoms with van der Waals surface area (Å²) in [7, 11) is 0. The molecule has 0 radical (unpaired) electrons. The Balaban J connectivity index is 1.29. The predicted molar refractivity (Wildman–Crippen MR) is 195 cm³/mol. The summed E-state index contributed by atoms with van der Waals surface area (Å²) in [6.07, 6.45) is 8.44. The maximum Gasteiger partial charge on any atom is 0.0468 e. The van der Waals surface area contributed by atoms with Crippen molar-refractivity contribution in [2.45, 2.75) is 44.9 Å². The second-order valence-electron chi connectivity index (χ2n) is 12.7. The molecule has 1 aliphatic carbocycles. The Morgan fingerprint density at radius 3 is 2.02 bits per heavy atom. The molecular weight excluding hydrogens is 556 g/mol. The van der Waals surface area contributed by atoms with E-state index < -0.39 is 0 Å². The van der Waals surface area contributed by atoms with Crippen molar-refractivity contribution >= 4 is 38.6 Å². The normalized spacial score (nSPS) is 13.1. The summed E-state index contributed by atoms with van der Waals surface area (Å²) in [5.41, 5.74) is 11.6. The first kappa shape index (κ1) is 28.3. The van der Waals surface area contributed by atoms with Gasteiger partial charge in [-0.3, -0.25) is 4.98 Å². The molecular formula is C44H38N2. The van der Waals surface area contributed by atoms with E-state index in [4.69, 9.17) is 0 Å². The van der Waals surface area contributed by atoms with E-state index in [0.717, 1.165) is 28.2 Å². The molecule has 0 amide bonds. The fourth-order valence-electron chi connectivity index (χ4n) is 8.04. The number of para-hydroxylation sites is 1. The van der Waals surface area contributed by atoms with Crippen LogP contribution in [0.1, 0.15) is 50.7 Å². The predicted octanol–water partition coefficient (Wildman–Crippen LogP) is 12.4. The molecule has 0 aliphatic heterocycles. The number of pyridine rings is 1. The highest BCUT2D eigenvalue weighted by Gasteiger charge is 2.41. The average molecular weight is 595 g/mol. The van der Waals surface area contributed by atoms with Gasteiger partial charge in [-0.05, 0) is 117 Å². The van der Waals surface area contributed by atoms with E-state index in [1.54, 1.807) is 0 Å². The second kappa shape index (κ2) is 11.6. The van der Waals surface area contributed by atoms with Crippen molar-refractivity contribution in [2.24, 2.45) is 0 Å². The van der Waals surface area contributed by atoms with Gasteiger partial charge in [0.2, 0.25) is 0 Å². The molecule has 1 aliphatic rings. The van der Waals surface area contributed by atoms with Crippen molar-refractivity contribution in [3.8, 4) is 22.3 Å². The van der Waals surface area contributed by atoms with Gasteiger partial charge in [-0.2, -0.15) is 0 Å². The molecule has 0 unspecified atom stereocenters. The smallest absolute Gasteiger partial charge is 0.0468 e. The van der Waals surface area contributed by atoms with Gasteiger partial charge in [0.05, 0.1) is 0 Å². The number of hydrogen-bond acceptors (Lipinski definition) is 2. The molecule has 1 aromatic heterocycles. The van der Waals surface area contributed by atoms with Crippen molar-refractivity contribution in [1.29, 1.82) is 0 Å². The zero-order valence-corrected chi connectivity index (χ0v) is 26.6. The van der Waals surface area contributed by atoms with Crippen LogP contribution in [0.25, 0.3) is 43.8 Å². The molecule has 0 saturated carbocycles. The van der Waals surface area contributed by atoms with E-state index in [1.807, 2.05) is 18.5 Å². The molecule has 8 rings (SSSR count). The maximum absolute atomic E-state index is 4.36. The first-order valence-corrected chi connectivity index (χ1v) is 16.7. The van der Waals surface area contributed by atoms with Crippen LogP contribution >= 0.6 is 0 Å². The molecule has 224 valence electrons. The van der Waals surface area contributed by atoms with E-state index in [0.29, 0.717) is 0 Å². The molecule has 6 aromatic carbocycles. The van der Waals surface area contributed by atoms with Gasteiger partial charge in [0, 0.05) is 40.4 Å². The summed E-state index contributed by atoms with van der Waals surface area (Å²) in [5.74, 6) is 0. The first-order chi connectivity index (χ1) is 22.7. The fraction of sp³-hybridized carbons (Fsp3) is 0.159. The van der Waals surface area contributed by atoms with Crippen LogP contribution in [0, 0.1) is 0 Å². The number of benzene rings is 6. The third kappa shape index (κ3) is 4.60. The highest BCUT2D eigenvalue weighted by molar-refractivity contribution is 6.10. The molecule has 0 atom stereocenters. The third-order valence-corrected chi connectivity index (χ3v) is 9.93. The van der Waals surface area contributed by atoms with Crippen molar-refractivity contribution in [3.63, 3.8) is 0 Å². The number of aromatic nitrogens is 1. The quantitative estimate of drug-likeness (QED) is 0.163. The molecule has 2 heteroatoms. The molecule has 0 bridgehead atoms. The number of fused-ring (bicyclic) bond motifs is 6. The van der Waals surface area contributed by atoms with Gasteiger partial charge in [0.25, 0.3) is 0 Å². The minimum atomic E-state index is 0.0785. The highest BCUT2D eigenvalue weighted by atomic mass is 15.1. The lowest BCUT2D eigenvalue weighted by Crippen LogP contribution is -2.24. The Labute approximate surface area is 272 Å².